The van der Waals surface area contributed by atoms with Crippen molar-refractivity contribution < 1.29 is 4.79 Å². The molecule has 2 bridgehead atoms. The second-order valence-corrected chi connectivity index (χ2v) is 8.58. The van der Waals surface area contributed by atoms with E-state index in [-0.39, 0.29) is 11.9 Å². The topological polar surface area (TPSA) is 45.2 Å². The van der Waals surface area contributed by atoms with E-state index in [4.69, 9.17) is 11.6 Å². The van der Waals surface area contributed by atoms with Crippen LogP contribution in [0.2, 0.25) is 5.02 Å². The molecule has 1 amide bonds. The van der Waals surface area contributed by atoms with E-state index >= 15 is 0 Å². The van der Waals surface area contributed by atoms with Crippen molar-refractivity contribution in [3.63, 3.8) is 0 Å². The zero-order valence-electron chi connectivity index (χ0n) is 14.7. The van der Waals surface area contributed by atoms with Gasteiger partial charge in [-0.15, -0.1) is 0 Å². The lowest BCUT2D eigenvalue weighted by Gasteiger charge is -2.49. The Morgan fingerprint density at radius 1 is 1.23 bits per heavy atom. The molecule has 3 fully saturated rings. The van der Waals surface area contributed by atoms with Gasteiger partial charge in [-0.3, -0.25) is 9.69 Å². The van der Waals surface area contributed by atoms with Crippen molar-refractivity contribution in [2.75, 3.05) is 13.1 Å². The average Bonchev–Trinajstić information content (AvgIpc) is 2.65. The Hall–Kier alpha value is -1.56. The summed E-state index contributed by atoms with van der Waals surface area (Å²) in [5.74, 6) is 0.635. The van der Waals surface area contributed by atoms with Crippen LogP contribution in [0, 0.1) is 5.92 Å². The highest BCUT2D eigenvalue weighted by Crippen LogP contribution is 2.32. The van der Waals surface area contributed by atoms with Crippen molar-refractivity contribution in [2.24, 2.45) is 5.92 Å². The molecule has 26 heavy (non-hydrogen) atoms. The van der Waals surface area contributed by atoms with E-state index in [1.165, 1.54) is 37.7 Å². The lowest BCUT2D eigenvalue weighted by molar-refractivity contribution is 0.0217. The maximum absolute atomic E-state index is 12.7. The number of rotatable bonds is 4. The van der Waals surface area contributed by atoms with Crippen molar-refractivity contribution >= 4 is 29.3 Å². The van der Waals surface area contributed by atoms with Gasteiger partial charge in [0.15, 0.2) is 0 Å². The molecule has 5 rings (SSSR count). The highest BCUT2D eigenvalue weighted by atomic mass is 35.5. The normalized spacial score (nSPS) is 27.3. The Bertz CT molecular complexity index is 788. The number of pyridine rings is 1. The summed E-state index contributed by atoms with van der Waals surface area (Å²) in [6.07, 6.45) is 4.08. The van der Waals surface area contributed by atoms with Crippen LogP contribution in [-0.4, -0.2) is 41.0 Å². The third-order valence-electron chi connectivity index (χ3n) is 5.51. The monoisotopic (exact) mass is 387 g/mol. The number of benzene rings is 1. The highest BCUT2D eigenvalue weighted by molar-refractivity contribution is 7.99. The lowest BCUT2D eigenvalue weighted by Crippen LogP contribution is -2.62. The summed E-state index contributed by atoms with van der Waals surface area (Å²) in [6.45, 7) is 4.57. The van der Waals surface area contributed by atoms with E-state index in [2.05, 4.69) is 22.1 Å². The number of nitrogens with zero attached hydrogens (tertiary/aromatic N) is 2. The number of carbonyl (C=O) groups excluding carboxylic acids is 1. The fourth-order valence-electron chi connectivity index (χ4n) is 4.02. The number of carbonyl (C=O) groups is 1. The van der Waals surface area contributed by atoms with E-state index in [0.717, 1.165) is 9.92 Å². The zero-order chi connectivity index (χ0) is 18.1. The highest BCUT2D eigenvalue weighted by Gasteiger charge is 2.40. The third kappa shape index (κ3) is 3.75. The lowest BCUT2D eigenvalue weighted by atomic mass is 9.79. The minimum absolute atomic E-state index is 0.0213. The van der Waals surface area contributed by atoms with Crippen LogP contribution in [0.25, 0.3) is 0 Å². The molecule has 0 radical (unpaired) electrons. The molecule has 2 atom stereocenters. The fourth-order valence-corrected chi connectivity index (χ4v) is 5.05. The molecular weight excluding hydrogens is 366 g/mol. The first kappa shape index (κ1) is 17.8. The third-order valence-corrected chi connectivity index (χ3v) is 6.69. The van der Waals surface area contributed by atoms with Gasteiger partial charge in [0, 0.05) is 33.8 Å². The van der Waals surface area contributed by atoms with Crippen LogP contribution in [0.3, 0.4) is 0 Å². The predicted octanol–water partition coefficient (Wildman–Crippen LogP) is 4.10. The smallest absolute Gasteiger partial charge is 0.251 e. The van der Waals surface area contributed by atoms with Crippen molar-refractivity contribution in [1.82, 2.24) is 15.2 Å². The molecule has 1 N–H and O–H groups in total. The van der Waals surface area contributed by atoms with E-state index in [1.54, 1.807) is 12.3 Å². The largest absolute Gasteiger partial charge is 0.347 e. The number of nitrogens with one attached hydrogen (secondary N) is 1. The molecule has 136 valence electrons. The van der Waals surface area contributed by atoms with Gasteiger partial charge in [0.25, 0.3) is 5.91 Å². The van der Waals surface area contributed by atoms with Gasteiger partial charge in [0.05, 0.1) is 0 Å². The summed E-state index contributed by atoms with van der Waals surface area (Å²) in [4.78, 5) is 20.5. The molecule has 1 aromatic carbocycles. The summed E-state index contributed by atoms with van der Waals surface area (Å²) < 4.78 is 0. The molecule has 0 spiro atoms. The summed E-state index contributed by atoms with van der Waals surface area (Å²) in [5, 5.41) is 4.79. The van der Waals surface area contributed by atoms with Gasteiger partial charge >= 0.3 is 0 Å². The Morgan fingerprint density at radius 2 is 1.96 bits per heavy atom. The molecule has 0 unspecified atom stereocenters. The second-order valence-electron chi connectivity index (χ2n) is 7.05. The van der Waals surface area contributed by atoms with Crippen LogP contribution in [-0.2, 0) is 0 Å². The standard InChI is InChI=1S/C20H22ClN3OS/c1-13-19(14-7-10-24(13)11-8-14)23-20(25)15-2-4-17(5-3-15)26-18-12-16(21)6-9-22-18/h2-6,9,12-14,19H,7-8,10-11H2,1H3,(H,23,25)/t13-,19-/m0/s1. The summed E-state index contributed by atoms with van der Waals surface area (Å²) in [5.41, 5.74) is 0.706. The molecule has 6 heteroatoms. The first-order valence-corrected chi connectivity index (χ1v) is 10.2. The van der Waals surface area contributed by atoms with E-state index in [9.17, 15) is 4.79 Å². The van der Waals surface area contributed by atoms with Gasteiger partial charge in [-0.2, -0.15) is 0 Å². The summed E-state index contributed by atoms with van der Waals surface area (Å²) >= 11 is 7.53. The van der Waals surface area contributed by atoms with Crippen LogP contribution >= 0.6 is 23.4 Å². The first-order valence-electron chi connectivity index (χ1n) is 9.04. The molecular formula is C20H22ClN3OS. The number of halogens is 1. The van der Waals surface area contributed by atoms with Crippen molar-refractivity contribution in [3.8, 4) is 0 Å². The van der Waals surface area contributed by atoms with Gasteiger partial charge in [-0.1, -0.05) is 23.4 Å². The molecule has 0 aliphatic carbocycles. The fraction of sp³-hybridized carbons (Fsp3) is 0.400. The zero-order valence-corrected chi connectivity index (χ0v) is 16.3. The predicted molar refractivity (Wildman–Crippen MR) is 105 cm³/mol. The number of hydrogen-bond acceptors (Lipinski definition) is 4. The molecule has 1 aromatic heterocycles. The number of hydrogen-bond donors (Lipinski definition) is 1. The Kier molecular flexibility index (Phi) is 5.20. The molecule has 0 saturated carbocycles. The van der Waals surface area contributed by atoms with Crippen LogP contribution in [0.5, 0.6) is 0 Å². The van der Waals surface area contributed by atoms with Gasteiger partial charge in [0.2, 0.25) is 0 Å². The maximum Gasteiger partial charge on any atom is 0.251 e. The second kappa shape index (κ2) is 7.59. The maximum atomic E-state index is 12.7. The average molecular weight is 388 g/mol. The molecule has 3 aliphatic rings. The van der Waals surface area contributed by atoms with Crippen LogP contribution in [0.15, 0.2) is 52.5 Å². The molecule has 4 nitrogen and oxygen atoms in total. The van der Waals surface area contributed by atoms with Crippen LogP contribution in [0.1, 0.15) is 30.1 Å². The number of fused-ring (bicyclic) bond motifs is 3. The van der Waals surface area contributed by atoms with Crippen molar-refractivity contribution in [2.45, 2.75) is 41.8 Å². The Labute approximate surface area is 163 Å². The molecule has 2 aromatic rings. The van der Waals surface area contributed by atoms with Gasteiger partial charge < -0.3 is 5.32 Å². The SMILES string of the molecule is C[C@H]1[C@H](NC(=O)c2ccc(Sc3cc(Cl)ccn3)cc2)C2CCN1CC2. The summed E-state index contributed by atoms with van der Waals surface area (Å²) in [6, 6.07) is 12.0. The van der Waals surface area contributed by atoms with Crippen molar-refractivity contribution in [3.05, 3.63) is 53.2 Å². The first-order chi connectivity index (χ1) is 12.6. The number of piperidine rings is 3. The van der Waals surface area contributed by atoms with E-state index < -0.39 is 0 Å². The number of amides is 1. The minimum atomic E-state index is 0.0213. The molecule has 3 saturated heterocycles. The van der Waals surface area contributed by atoms with E-state index in [0.29, 0.717) is 22.5 Å². The van der Waals surface area contributed by atoms with Crippen molar-refractivity contribution in [1.29, 1.82) is 0 Å². The van der Waals surface area contributed by atoms with Crippen LogP contribution in [0.4, 0.5) is 0 Å². The van der Waals surface area contributed by atoms with Crippen LogP contribution < -0.4 is 5.32 Å². The van der Waals surface area contributed by atoms with Gasteiger partial charge in [-0.05, 0) is 75.2 Å². The summed E-state index contributed by atoms with van der Waals surface area (Å²) in [7, 11) is 0. The van der Waals surface area contributed by atoms with Gasteiger partial charge in [0.1, 0.15) is 5.03 Å². The Morgan fingerprint density at radius 3 is 2.62 bits per heavy atom. The quantitative estimate of drug-likeness (QED) is 0.857. The van der Waals surface area contributed by atoms with Gasteiger partial charge in [-0.25, -0.2) is 4.98 Å². The number of aromatic nitrogens is 1. The Balaban J connectivity index is 1.41. The molecule has 3 aliphatic heterocycles. The molecule has 4 heterocycles. The van der Waals surface area contributed by atoms with E-state index in [1.807, 2.05) is 30.3 Å². The minimum Gasteiger partial charge on any atom is -0.347 e.